The van der Waals surface area contributed by atoms with E-state index in [1.807, 2.05) is 18.2 Å². The molecule has 1 aliphatic rings. The van der Waals surface area contributed by atoms with Crippen molar-refractivity contribution in [3.63, 3.8) is 0 Å². The first kappa shape index (κ1) is 14.3. The quantitative estimate of drug-likeness (QED) is 0.945. The minimum atomic E-state index is -0.0960. The fourth-order valence-electron chi connectivity index (χ4n) is 2.05. The Balaban J connectivity index is 1.52. The number of hydrogen-bond acceptors (Lipinski definition) is 5. The summed E-state index contributed by atoms with van der Waals surface area (Å²) in [6, 6.07) is 12.7. The largest absolute Gasteiger partial charge is 0.325 e. The first-order chi connectivity index (χ1) is 10.7. The first-order valence-electron chi connectivity index (χ1n) is 6.69. The lowest BCUT2D eigenvalue weighted by atomic mass is 10.2. The van der Waals surface area contributed by atoms with Gasteiger partial charge in [-0.15, -0.1) is 11.8 Å². The Morgan fingerprint density at radius 2 is 2.14 bits per heavy atom. The van der Waals surface area contributed by atoms with Gasteiger partial charge in [-0.25, -0.2) is 9.98 Å². The normalized spacial score (nSPS) is 12.2. The van der Waals surface area contributed by atoms with Crippen LogP contribution in [0.15, 0.2) is 47.6 Å². The molecule has 0 saturated heterocycles. The summed E-state index contributed by atoms with van der Waals surface area (Å²) >= 11 is 1.42. The van der Waals surface area contributed by atoms with E-state index < -0.39 is 0 Å². The molecule has 5 nitrogen and oxygen atoms in total. The summed E-state index contributed by atoms with van der Waals surface area (Å²) in [5.41, 5.74) is 2.35. The second-order valence-electron chi connectivity index (χ2n) is 4.69. The van der Waals surface area contributed by atoms with E-state index in [0.717, 1.165) is 22.8 Å². The zero-order valence-corrected chi connectivity index (χ0v) is 12.4. The lowest BCUT2D eigenvalue weighted by Gasteiger charge is -2.04. The Morgan fingerprint density at radius 1 is 1.32 bits per heavy atom. The Labute approximate surface area is 132 Å². The molecule has 3 rings (SSSR count). The number of rotatable bonds is 3. The number of aromatic nitrogens is 1. The number of anilines is 1. The number of nitrogens with one attached hydrogen (secondary N) is 1. The molecule has 0 unspecified atom stereocenters. The molecule has 1 aromatic carbocycles. The molecule has 0 aliphatic carbocycles. The number of pyridine rings is 1. The van der Waals surface area contributed by atoms with Crippen molar-refractivity contribution in [2.45, 2.75) is 6.42 Å². The van der Waals surface area contributed by atoms with Crippen LogP contribution in [-0.2, 0) is 11.2 Å². The van der Waals surface area contributed by atoms with E-state index in [9.17, 15) is 4.79 Å². The molecule has 6 heteroatoms. The van der Waals surface area contributed by atoms with Gasteiger partial charge in [-0.05, 0) is 30.3 Å². The van der Waals surface area contributed by atoms with Crippen LogP contribution in [0.4, 0.5) is 11.5 Å². The monoisotopic (exact) mass is 308 g/mol. The molecule has 0 radical (unpaired) electrons. The van der Waals surface area contributed by atoms with Gasteiger partial charge < -0.3 is 5.32 Å². The van der Waals surface area contributed by atoms with Crippen molar-refractivity contribution in [3.8, 4) is 6.07 Å². The number of hydrogen-bond donors (Lipinski definition) is 1. The highest BCUT2D eigenvalue weighted by molar-refractivity contribution is 8.14. The smallest absolute Gasteiger partial charge is 0.234 e. The Morgan fingerprint density at radius 3 is 2.86 bits per heavy atom. The number of carbonyl (C=O) groups is 1. The number of nitrogens with zero attached hydrogens (tertiary/aromatic N) is 3. The van der Waals surface area contributed by atoms with E-state index >= 15 is 0 Å². The number of thioether (sulfide) groups is 1. The zero-order chi connectivity index (χ0) is 15.4. The number of nitriles is 1. The van der Waals surface area contributed by atoms with Crippen LogP contribution < -0.4 is 5.32 Å². The summed E-state index contributed by atoms with van der Waals surface area (Å²) in [4.78, 5) is 20.5. The van der Waals surface area contributed by atoms with Gasteiger partial charge >= 0.3 is 0 Å². The molecule has 1 N–H and O–H groups in total. The molecule has 108 valence electrons. The zero-order valence-electron chi connectivity index (χ0n) is 11.6. The van der Waals surface area contributed by atoms with Crippen LogP contribution in [0.5, 0.6) is 0 Å². The number of fused-ring (bicyclic) bond motifs is 1. The second-order valence-corrected chi connectivity index (χ2v) is 5.74. The third kappa shape index (κ3) is 3.32. The van der Waals surface area contributed by atoms with Crippen molar-refractivity contribution in [1.82, 2.24) is 4.98 Å². The molecule has 0 fully saturated rings. The molecule has 22 heavy (non-hydrogen) atoms. The Hall–Kier alpha value is -2.65. The Bertz CT molecular complexity index is 777. The van der Waals surface area contributed by atoms with Crippen LogP contribution in [-0.4, -0.2) is 21.7 Å². The number of amides is 1. The van der Waals surface area contributed by atoms with Gasteiger partial charge in [-0.3, -0.25) is 4.79 Å². The summed E-state index contributed by atoms with van der Waals surface area (Å²) in [5.74, 6) is 0.950. The highest BCUT2D eigenvalue weighted by Crippen LogP contribution is 2.27. The summed E-state index contributed by atoms with van der Waals surface area (Å²) in [7, 11) is 0. The standard InChI is InChI=1S/C16H12N4OS/c17-9-11-3-5-13(6-4-11)19-14(21)10-22-15-8-12-2-1-7-18-16(12)20-15/h1-7H,8,10H2,(H,19,21). The maximum atomic E-state index is 11.9. The van der Waals surface area contributed by atoms with Crippen molar-refractivity contribution in [1.29, 1.82) is 5.26 Å². The van der Waals surface area contributed by atoms with Gasteiger partial charge in [0.05, 0.1) is 22.4 Å². The van der Waals surface area contributed by atoms with Crippen LogP contribution in [0.2, 0.25) is 0 Å². The average molecular weight is 308 g/mol. The fraction of sp³-hybridized carbons (Fsp3) is 0.125. The summed E-state index contributed by atoms with van der Waals surface area (Å²) in [6.07, 6.45) is 2.45. The molecule has 1 amide bonds. The topological polar surface area (TPSA) is 78.1 Å². The van der Waals surface area contributed by atoms with Gasteiger partial charge in [0.25, 0.3) is 0 Å². The number of carbonyl (C=O) groups excluding carboxylic acids is 1. The van der Waals surface area contributed by atoms with E-state index in [1.165, 1.54) is 11.8 Å². The van der Waals surface area contributed by atoms with Crippen LogP contribution >= 0.6 is 11.8 Å². The molecule has 0 spiro atoms. The molecule has 1 aliphatic heterocycles. The van der Waals surface area contributed by atoms with E-state index in [1.54, 1.807) is 30.5 Å². The molecule has 0 bridgehead atoms. The maximum Gasteiger partial charge on any atom is 0.234 e. The van der Waals surface area contributed by atoms with Crippen molar-refractivity contribution in [3.05, 3.63) is 53.7 Å². The molecule has 2 aromatic rings. The molecular weight excluding hydrogens is 296 g/mol. The predicted octanol–water partition coefficient (Wildman–Crippen LogP) is 2.91. The average Bonchev–Trinajstić information content (AvgIpc) is 2.96. The fourth-order valence-corrected chi connectivity index (χ4v) is 2.83. The molecule has 1 aromatic heterocycles. The van der Waals surface area contributed by atoms with Gasteiger partial charge in [0.1, 0.15) is 0 Å². The van der Waals surface area contributed by atoms with E-state index in [0.29, 0.717) is 17.0 Å². The van der Waals surface area contributed by atoms with Crippen molar-refractivity contribution >= 4 is 34.2 Å². The summed E-state index contributed by atoms with van der Waals surface area (Å²) in [5, 5.41) is 12.4. The van der Waals surface area contributed by atoms with Gasteiger partial charge in [-0.1, -0.05) is 6.07 Å². The van der Waals surface area contributed by atoms with Crippen LogP contribution in [0.1, 0.15) is 11.1 Å². The van der Waals surface area contributed by atoms with Crippen molar-refractivity contribution in [2.75, 3.05) is 11.1 Å². The minimum absolute atomic E-state index is 0.0960. The summed E-state index contributed by atoms with van der Waals surface area (Å²) < 4.78 is 0. The lowest BCUT2D eigenvalue weighted by Crippen LogP contribution is -2.15. The predicted molar refractivity (Wildman–Crippen MR) is 87.3 cm³/mol. The molecular formula is C16H12N4OS. The van der Waals surface area contributed by atoms with Crippen LogP contribution in [0.3, 0.4) is 0 Å². The second kappa shape index (κ2) is 6.41. The number of benzene rings is 1. The highest BCUT2D eigenvalue weighted by Gasteiger charge is 2.16. The van der Waals surface area contributed by atoms with Gasteiger partial charge in [0, 0.05) is 23.9 Å². The first-order valence-corrected chi connectivity index (χ1v) is 7.67. The molecule has 0 saturated carbocycles. The van der Waals surface area contributed by atoms with Crippen LogP contribution in [0.25, 0.3) is 0 Å². The van der Waals surface area contributed by atoms with E-state index in [-0.39, 0.29) is 5.91 Å². The van der Waals surface area contributed by atoms with Crippen molar-refractivity contribution in [2.24, 2.45) is 4.99 Å². The van der Waals surface area contributed by atoms with Gasteiger partial charge in [0.15, 0.2) is 5.82 Å². The van der Waals surface area contributed by atoms with E-state index in [2.05, 4.69) is 15.3 Å². The third-order valence-electron chi connectivity index (χ3n) is 3.11. The van der Waals surface area contributed by atoms with Crippen LogP contribution in [0, 0.1) is 11.3 Å². The minimum Gasteiger partial charge on any atom is -0.325 e. The maximum absolute atomic E-state index is 11.9. The number of aliphatic imine (C=N–C) groups is 1. The lowest BCUT2D eigenvalue weighted by molar-refractivity contribution is -0.113. The van der Waals surface area contributed by atoms with Gasteiger partial charge in [-0.2, -0.15) is 5.26 Å². The van der Waals surface area contributed by atoms with Crippen molar-refractivity contribution < 1.29 is 4.79 Å². The highest BCUT2D eigenvalue weighted by atomic mass is 32.2. The van der Waals surface area contributed by atoms with E-state index in [4.69, 9.17) is 5.26 Å². The SMILES string of the molecule is N#Cc1ccc(NC(=O)CSC2=Nc3ncccc3C2)cc1. The molecule has 0 atom stereocenters. The van der Waals surface area contributed by atoms with Gasteiger partial charge in [0.2, 0.25) is 5.91 Å². The summed E-state index contributed by atoms with van der Waals surface area (Å²) in [6.45, 7) is 0. The third-order valence-corrected chi connectivity index (χ3v) is 4.08. The molecule has 2 heterocycles. The Kier molecular flexibility index (Phi) is 4.17.